The average molecular weight is 316 g/mol. The molecule has 0 unspecified atom stereocenters. The molecule has 0 heterocycles. The lowest BCUT2D eigenvalue weighted by Crippen LogP contribution is -2.28. The van der Waals surface area contributed by atoms with Crippen molar-refractivity contribution in [2.75, 3.05) is 11.9 Å². The molecule has 0 fully saturated rings. The number of hydrogen-bond acceptors (Lipinski definition) is 3. The maximum Gasteiger partial charge on any atom is 0.258 e. The molecule has 0 saturated carbocycles. The number of hydrogen-bond donors (Lipinski definition) is 2. The summed E-state index contributed by atoms with van der Waals surface area (Å²) < 4.78 is 18.1. The van der Waals surface area contributed by atoms with Crippen LogP contribution in [0.25, 0.3) is 0 Å². The van der Waals surface area contributed by atoms with Crippen LogP contribution in [0.15, 0.2) is 48.5 Å². The van der Waals surface area contributed by atoms with Crippen molar-refractivity contribution in [1.29, 1.82) is 0 Å². The highest BCUT2D eigenvalue weighted by Crippen LogP contribution is 2.17. The van der Waals surface area contributed by atoms with Crippen LogP contribution < -0.4 is 15.4 Å². The van der Waals surface area contributed by atoms with Gasteiger partial charge in [-0.25, -0.2) is 4.39 Å². The molecular formula is C17H17FN2O3. The summed E-state index contributed by atoms with van der Waals surface area (Å²) in [6, 6.07) is 12.7. The molecular weight excluding hydrogens is 299 g/mol. The van der Waals surface area contributed by atoms with Gasteiger partial charge >= 0.3 is 0 Å². The second-order valence-corrected chi connectivity index (χ2v) is 4.90. The Morgan fingerprint density at radius 3 is 2.57 bits per heavy atom. The van der Waals surface area contributed by atoms with Crippen LogP contribution in [0.5, 0.6) is 5.75 Å². The van der Waals surface area contributed by atoms with Crippen LogP contribution in [0.2, 0.25) is 0 Å². The highest BCUT2D eigenvalue weighted by Gasteiger charge is 2.04. The number of nitrogens with one attached hydrogen (secondary N) is 2. The molecule has 0 aliphatic rings. The third-order valence-electron chi connectivity index (χ3n) is 2.93. The number of amides is 2. The third kappa shape index (κ3) is 5.78. The van der Waals surface area contributed by atoms with E-state index in [4.69, 9.17) is 4.74 Å². The Bertz CT molecular complexity index is 686. The van der Waals surface area contributed by atoms with E-state index < -0.39 is 0 Å². The van der Waals surface area contributed by atoms with Gasteiger partial charge in [-0.1, -0.05) is 18.2 Å². The van der Waals surface area contributed by atoms with Crippen LogP contribution in [0.4, 0.5) is 10.1 Å². The number of ether oxygens (including phenoxy) is 1. The molecule has 120 valence electrons. The minimum absolute atomic E-state index is 0.148. The molecule has 0 aliphatic heterocycles. The van der Waals surface area contributed by atoms with Gasteiger partial charge in [-0.2, -0.15) is 0 Å². The van der Waals surface area contributed by atoms with Crippen LogP contribution in [0.3, 0.4) is 0 Å². The van der Waals surface area contributed by atoms with Crippen molar-refractivity contribution in [3.05, 3.63) is 59.9 Å². The fraction of sp³-hybridized carbons (Fsp3) is 0.176. The molecule has 0 saturated heterocycles. The molecule has 23 heavy (non-hydrogen) atoms. The first-order chi connectivity index (χ1) is 11.0. The topological polar surface area (TPSA) is 67.4 Å². The maximum atomic E-state index is 12.8. The molecule has 6 heteroatoms. The molecule has 2 aromatic rings. The standard InChI is InChI=1S/C17H17FN2O3/c1-12(21)20-15-3-2-4-16(9-15)23-11-17(22)19-10-13-5-7-14(18)8-6-13/h2-9H,10-11H2,1H3,(H,19,22)(H,20,21). The highest BCUT2D eigenvalue weighted by molar-refractivity contribution is 5.88. The molecule has 0 aliphatic carbocycles. The first kappa shape index (κ1) is 16.5. The van der Waals surface area contributed by atoms with E-state index >= 15 is 0 Å². The van der Waals surface area contributed by atoms with E-state index in [0.717, 1.165) is 5.56 Å². The highest BCUT2D eigenvalue weighted by atomic mass is 19.1. The predicted octanol–water partition coefficient (Wildman–Crippen LogP) is 2.48. The zero-order valence-electron chi connectivity index (χ0n) is 12.6. The summed E-state index contributed by atoms with van der Waals surface area (Å²) in [6.07, 6.45) is 0. The molecule has 2 amide bonds. The smallest absolute Gasteiger partial charge is 0.258 e. The summed E-state index contributed by atoms with van der Waals surface area (Å²) in [5.74, 6) is -0.311. The largest absolute Gasteiger partial charge is 0.484 e. The van der Waals surface area contributed by atoms with Gasteiger partial charge in [0.1, 0.15) is 11.6 Å². The lowest BCUT2D eigenvalue weighted by molar-refractivity contribution is -0.123. The van der Waals surface area contributed by atoms with Crippen LogP contribution in [0.1, 0.15) is 12.5 Å². The Labute approximate surface area is 133 Å². The minimum atomic E-state index is -0.317. The van der Waals surface area contributed by atoms with Crippen molar-refractivity contribution < 1.29 is 18.7 Å². The van der Waals surface area contributed by atoms with Gasteiger partial charge in [0.15, 0.2) is 6.61 Å². The molecule has 5 nitrogen and oxygen atoms in total. The van der Waals surface area contributed by atoms with Gasteiger partial charge in [-0.15, -0.1) is 0 Å². The minimum Gasteiger partial charge on any atom is -0.484 e. The van der Waals surface area contributed by atoms with E-state index in [1.807, 2.05) is 0 Å². The SMILES string of the molecule is CC(=O)Nc1cccc(OCC(=O)NCc2ccc(F)cc2)c1. The third-order valence-corrected chi connectivity index (χ3v) is 2.93. The lowest BCUT2D eigenvalue weighted by atomic mass is 10.2. The van der Waals surface area contributed by atoms with E-state index in [-0.39, 0.29) is 24.2 Å². The van der Waals surface area contributed by atoms with Gasteiger partial charge in [0, 0.05) is 25.2 Å². The summed E-state index contributed by atoms with van der Waals surface area (Å²) in [5.41, 5.74) is 1.40. The zero-order chi connectivity index (χ0) is 16.7. The lowest BCUT2D eigenvalue weighted by Gasteiger charge is -2.09. The normalized spacial score (nSPS) is 10.0. The number of benzene rings is 2. The Morgan fingerprint density at radius 1 is 1.13 bits per heavy atom. The van der Waals surface area contributed by atoms with Crippen LogP contribution in [-0.2, 0) is 16.1 Å². The van der Waals surface area contributed by atoms with Gasteiger partial charge in [0.2, 0.25) is 5.91 Å². The van der Waals surface area contributed by atoms with Crippen molar-refractivity contribution in [3.8, 4) is 5.75 Å². The number of carbonyl (C=O) groups is 2. The molecule has 0 radical (unpaired) electrons. The Kier molecular flexibility index (Phi) is 5.68. The number of halogens is 1. The molecule has 0 atom stereocenters. The maximum absolute atomic E-state index is 12.8. The van der Waals surface area contributed by atoms with Gasteiger partial charge < -0.3 is 15.4 Å². The predicted molar refractivity (Wildman–Crippen MR) is 84.5 cm³/mol. The van der Waals surface area contributed by atoms with E-state index in [2.05, 4.69) is 10.6 Å². The Morgan fingerprint density at radius 2 is 1.87 bits per heavy atom. The molecule has 2 N–H and O–H groups in total. The second kappa shape index (κ2) is 7.93. The quantitative estimate of drug-likeness (QED) is 0.860. The van der Waals surface area contributed by atoms with Crippen molar-refractivity contribution >= 4 is 17.5 Å². The van der Waals surface area contributed by atoms with E-state index in [9.17, 15) is 14.0 Å². The van der Waals surface area contributed by atoms with Crippen LogP contribution in [0, 0.1) is 5.82 Å². The first-order valence-electron chi connectivity index (χ1n) is 7.04. The van der Waals surface area contributed by atoms with Crippen LogP contribution in [-0.4, -0.2) is 18.4 Å². The fourth-order valence-electron chi connectivity index (χ4n) is 1.87. The Hall–Kier alpha value is -2.89. The molecule has 2 aromatic carbocycles. The van der Waals surface area contributed by atoms with Gasteiger partial charge in [-0.3, -0.25) is 9.59 Å². The first-order valence-corrected chi connectivity index (χ1v) is 7.04. The monoisotopic (exact) mass is 316 g/mol. The van der Waals surface area contributed by atoms with Crippen LogP contribution >= 0.6 is 0 Å². The summed E-state index contributed by atoms with van der Waals surface area (Å²) in [7, 11) is 0. The summed E-state index contributed by atoms with van der Waals surface area (Å²) in [5, 5.41) is 5.31. The van der Waals surface area contributed by atoms with E-state index in [1.54, 1.807) is 36.4 Å². The second-order valence-electron chi connectivity index (χ2n) is 4.90. The number of anilines is 1. The van der Waals surface area contributed by atoms with Crippen molar-refractivity contribution in [2.24, 2.45) is 0 Å². The Balaban J connectivity index is 1.80. The summed E-state index contributed by atoms with van der Waals surface area (Å²) in [4.78, 5) is 22.7. The zero-order valence-corrected chi connectivity index (χ0v) is 12.6. The van der Waals surface area contributed by atoms with E-state index in [0.29, 0.717) is 18.0 Å². The molecule has 0 bridgehead atoms. The summed E-state index contributed by atoms with van der Waals surface area (Å²) >= 11 is 0. The molecule has 0 aromatic heterocycles. The fourth-order valence-corrected chi connectivity index (χ4v) is 1.87. The van der Waals surface area contributed by atoms with E-state index in [1.165, 1.54) is 19.1 Å². The van der Waals surface area contributed by atoms with Gasteiger partial charge in [0.05, 0.1) is 0 Å². The van der Waals surface area contributed by atoms with Crippen molar-refractivity contribution in [1.82, 2.24) is 5.32 Å². The number of carbonyl (C=O) groups excluding carboxylic acids is 2. The van der Waals surface area contributed by atoms with Crippen molar-refractivity contribution in [2.45, 2.75) is 13.5 Å². The van der Waals surface area contributed by atoms with Crippen molar-refractivity contribution in [3.63, 3.8) is 0 Å². The van der Waals surface area contributed by atoms with Gasteiger partial charge in [0.25, 0.3) is 5.91 Å². The van der Waals surface area contributed by atoms with Gasteiger partial charge in [-0.05, 0) is 29.8 Å². The molecule has 2 rings (SSSR count). The number of rotatable bonds is 6. The summed E-state index contributed by atoms with van der Waals surface area (Å²) in [6.45, 7) is 1.57. The average Bonchev–Trinajstić information content (AvgIpc) is 2.52. The molecule has 0 spiro atoms.